The second-order valence-corrected chi connectivity index (χ2v) is 7.50. The molecule has 31 heavy (non-hydrogen) atoms. The Labute approximate surface area is 180 Å². The fourth-order valence-electron chi connectivity index (χ4n) is 3.51. The van der Waals surface area contributed by atoms with Crippen LogP contribution in [0.5, 0.6) is 11.5 Å². The lowest BCUT2D eigenvalue weighted by molar-refractivity contribution is -0.122. The molecule has 2 heterocycles. The van der Waals surface area contributed by atoms with Gasteiger partial charge in [-0.1, -0.05) is 13.3 Å². The van der Waals surface area contributed by atoms with Gasteiger partial charge in [0.25, 0.3) is 0 Å². The Morgan fingerprint density at radius 3 is 2.68 bits per heavy atom. The monoisotopic (exact) mass is 424 g/mol. The Balaban J connectivity index is 1.35. The number of carbonyl (C=O) groups is 3. The van der Waals surface area contributed by atoms with Crippen molar-refractivity contribution in [2.75, 3.05) is 30.2 Å². The smallest absolute Gasteiger partial charge is 0.338 e. The van der Waals surface area contributed by atoms with E-state index in [0.29, 0.717) is 35.0 Å². The molecule has 0 bridgehead atoms. The number of fused-ring (bicyclic) bond motifs is 1. The molecule has 2 aliphatic rings. The summed E-state index contributed by atoms with van der Waals surface area (Å²) in [5.41, 5.74) is 1.67. The molecule has 1 saturated heterocycles. The van der Waals surface area contributed by atoms with Gasteiger partial charge in [-0.2, -0.15) is 0 Å². The number of esters is 1. The molecule has 2 aromatic carbocycles. The summed E-state index contributed by atoms with van der Waals surface area (Å²) in [5.74, 6) is 0.0108. The molecule has 1 unspecified atom stereocenters. The van der Waals surface area contributed by atoms with Gasteiger partial charge in [0, 0.05) is 30.4 Å². The highest BCUT2D eigenvalue weighted by molar-refractivity contribution is 6.03. The summed E-state index contributed by atoms with van der Waals surface area (Å²) in [7, 11) is 0. The standard InChI is InChI=1S/C23H24N2O6/c1-2-3-10-29-23(28)15-4-6-17(7-5-15)24-22(27)16-11-21(26)25(13-16)18-8-9-19-20(12-18)31-14-30-19/h4-9,12,16H,2-3,10-11,13-14H2,1H3,(H,24,27). The number of nitrogens with one attached hydrogen (secondary N) is 1. The fourth-order valence-corrected chi connectivity index (χ4v) is 3.51. The lowest BCUT2D eigenvalue weighted by Gasteiger charge is -2.17. The van der Waals surface area contributed by atoms with E-state index in [-0.39, 0.29) is 37.5 Å². The summed E-state index contributed by atoms with van der Waals surface area (Å²) in [6.07, 6.45) is 1.90. The number of hydrogen-bond donors (Lipinski definition) is 1. The van der Waals surface area contributed by atoms with Crippen molar-refractivity contribution in [1.29, 1.82) is 0 Å². The van der Waals surface area contributed by atoms with Crippen LogP contribution in [0.1, 0.15) is 36.5 Å². The van der Waals surface area contributed by atoms with E-state index in [4.69, 9.17) is 14.2 Å². The maximum atomic E-state index is 12.7. The van der Waals surface area contributed by atoms with Crippen LogP contribution in [-0.4, -0.2) is 37.7 Å². The van der Waals surface area contributed by atoms with E-state index in [1.807, 2.05) is 6.92 Å². The predicted octanol–water partition coefficient (Wildman–Crippen LogP) is 3.36. The van der Waals surface area contributed by atoms with Gasteiger partial charge in [-0.15, -0.1) is 0 Å². The minimum absolute atomic E-state index is 0.121. The Hall–Kier alpha value is -3.55. The molecule has 0 spiro atoms. The predicted molar refractivity (Wildman–Crippen MR) is 113 cm³/mol. The van der Waals surface area contributed by atoms with Crippen LogP contribution in [0.4, 0.5) is 11.4 Å². The second kappa shape index (κ2) is 9.07. The van der Waals surface area contributed by atoms with Crippen LogP contribution in [-0.2, 0) is 14.3 Å². The Bertz CT molecular complexity index is 988. The molecule has 2 aliphatic heterocycles. The van der Waals surface area contributed by atoms with Crippen molar-refractivity contribution in [3.8, 4) is 11.5 Å². The van der Waals surface area contributed by atoms with E-state index in [2.05, 4.69) is 5.32 Å². The molecular weight excluding hydrogens is 400 g/mol. The van der Waals surface area contributed by atoms with E-state index in [9.17, 15) is 14.4 Å². The number of benzene rings is 2. The molecule has 162 valence electrons. The number of ether oxygens (including phenoxy) is 3. The van der Waals surface area contributed by atoms with E-state index < -0.39 is 5.92 Å². The van der Waals surface area contributed by atoms with Crippen LogP contribution >= 0.6 is 0 Å². The molecule has 4 rings (SSSR count). The van der Waals surface area contributed by atoms with Crippen molar-refractivity contribution in [2.45, 2.75) is 26.2 Å². The maximum absolute atomic E-state index is 12.7. The number of nitrogens with zero attached hydrogens (tertiary/aromatic N) is 1. The van der Waals surface area contributed by atoms with Gasteiger partial charge in [-0.05, 0) is 42.8 Å². The lowest BCUT2D eigenvalue weighted by Crippen LogP contribution is -2.28. The third-order valence-electron chi connectivity index (χ3n) is 5.28. The minimum atomic E-state index is -0.475. The van der Waals surface area contributed by atoms with Gasteiger partial charge in [0.2, 0.25) is 18.6 Å². The second-order valence-electron chi connectivity index (χ2n) is 7.50. The summed E-state index contributed by atoms with van der Waals surface area (Å²) in [5, 5.41) is 2.82. The van der Waals surface area contributed by atoms with Gasteiger partial charge in [0.15, 0.2) is 11.5 Å². The first-order valence-electron chi connectivity index (χ1n) is 10.3. The molecule has 0 aromatic heterocycles. The molecule has 2 amide bonds. The molecule has 8 heteroatoms. The average Bonchev–Trinajstić information content (AvgIpc) is 3.40. The molecule has 1 atom stereocenters. The topological polar surface area (TPSA) is 94.2 Å². The first kappa shape index (κ1) is 20.7. The van der Waals surface area contributed by atoms with Crippen LogP contribution in [0.25, 0.3) is 0 Å². The third kappa shape index (κ3) is 4.63. The van der Waals surface area contributed by atoms with E-state index >= 15 is 0 Å². The number of hydrogen-bond acceptors (Lipinski definition) is 6. The molecule has 0 radical (unpaired) electrons. The summed E-state index contributed by atoms with van der Waals surface area (Å²) in [6.45, 7) is 2.86. The number of amides is 2. The Kier molecular flexibility index (Phi) is 6.06. The molecule has 1 fully saturated rings. The van der Waals surface area contributed by atoms with Crippen molar-refractivity contribution in [2.24, 2.45) is 5.92 Å². The number of unbranched alkanes of at least 4 members (excludes halogenated alkanes) is 1. The van der Waals surface area contributed by atoms with Gasteiger partial charge >= 0.3 is 5.97 Å². The van der Waals surface area contributed by atoms with E-state index in [0.717, 1.165) is 12.8 Å². The quantitative estimate of drug-likeness (QED) is 0.541. The summed E-state index contributed by atoms with van der Waals surface area (Å²) in [4.78, 5) is 38.7. The molecule has 8 nitrogen and oxygen atoms in total. The van der Waals surface area contributed by atoms with Crippen molar-refractivity contribution >= 4 is 29.2 Å². The van der Waals surface area contributed by atoms with Crippen molar-refractivity contribution in [3.05, 3.63) is 48.0 Å². The molecule has 0 saturated carbocycles. The normalized spacial score (nSPS) is 17.0. The fraction of sp³-hybridized carbons (Fsp3) is 0.348. The number of anilines is 2. The highest BCUT2D eigenvalue weighted by atomic mass is 16.7. The summed E-state index contributed by atoms with van der Waals surface area (Å²) >= 11 is 0. The van der Waals surface area contributed by atoms with Gasteiger partial charge in [0.1, 0.15) is 0 Å². The molecular formula is C23H24N2O6. The zero-order valence-corrected chi connectivity index (χ0v) is 17.3. The maximum Gasteiger partial charge on any atom is 0.338 e. The van der Waals surface area contributed by atoms with Crippen LogP contribution in [0.2, 0.25) is 0 Å². The summed E-state index contributed by atoms with van der Waals surface area (Å²) in [6, 6.07) is 11.8. The van der Waals surface area contributed by atoms with E-state index in [1.165, 1.54) is 0 Å². The van der Waals surface area contributed by atoms with Crippen LogP contribution < -0.4 is 19.7 Å². The Morgan fingerprint density at radius 1 is 1.13 bits per heavy atom. The van der Waals surface area contributed by atoms with Crippen molar-refractivity contribution < 1.29 is 28.6 Å². The van der Waals surface area contributed by atoms with Gasteiger partial charge < -0.3 is 24.4 Å². The zero-order chi connectivity index (χ0) is 21.8. The highest BCUT2D eigenvalue weighted by Gasteiger charge is 2.35. The SMILES string of the molecule is CCCCOC(=O)c1ccc(NC(=O)C2CC(=O)N(c3ccc4c(c3)OCO4)C2)cc1. The molecule has 1 N–H and O–H groups in total. The van der Waals surface area contributed by atoms with E-state index in [1.54, 1.807) is 47.4 Å². The van der Waals surface area contributed by atoms with Crippen molar-refractivity contribution in [1.82, 2.24) is 0 Å². The van der Waals surface area contributed by atoms with Crippen LogP contribution in [0.3, 0.4) is 0 Å². The zero-order valence-electron chi connectivity index (χ0n) is 17.3. The van der Waals surface area contributed by atoms with Crippen LogP contribution in [0, 0.1) is 5.92 Å². The van der Waals surface area contributed by atoms with Gasteiger partial charge in [-0.3, -0.25) is 9.59 Å². The average molecular weight is 424 g/mol. The lowest BCUT2D eigenvalue weighted by atomic mass is 10.1. The molecule has 2 aromatic rings. The first-order chi connectivity index (χ1) is 15.0. The minimum Gasteiger partial charge on any atom is -0.462 e. The highest BCUT2D eigenvalue weighted by Crippen LogP contribution is 2.37. The van der Waals surface area contributed by atoms with Gasteiger partial charge in [-0.25, -0.2) is 4.79 Å². The summed E-state index contributed by atoms with van der Waals surface area (Å²) < 4.78 is 15.8. The van der Waals surface area contributed by atoms with Gasteiger partial charge in [0.05, 0.1) is 18.1 Å². The number of carbonyl (C=O) groups excluding carboxylic acids is 3. The largest absolute Gasteiger partial charge is 0.462 e. The van der Waals surface area contributed by atoms with Crippen LogP contribution in [0.15, 0.2) is 42.5 Å². The van der Waals surface area contributed by atoms with Crippen molar-refractivity contribution in [3.63, 3.8) is 0 Å². The molecule has 0 aliphatic carbocycles. The number of rotatable bonds is 7. The Morgan fingerprint density at radius 2 is 1.90 bits per heavy atom. The first-order valence-corrected chi connectivity index (χ1v) is 10.3. The third-order valence-corrected chi connectivity index (χ3v) is 5.28.